The molecule has 1 N–H and O–H groups in total. The Hall–Kier alpha value is -3.45. The van der Waals surface area contributed by atoms with Gasteiger partial charge in [-0.3, -0.25) is 14.2 Å². The maximum absolute atomic E-state index is 13.4. The van der Waals surface area contributed by atoms with Gasteiger partial charge in [-0.05, 0) is 42.2 Å². The fourth-order valence-corrected chi connectivity index (χ4v) is 4.73. The Bertz CT molecular complexity index is 1340. The molecule has 2 aromatic carbocycles. The van der Waals surface area contributed by atoms with Crippen LogP contribution in [0.1, 0.15) is 31.2 Å². The summed E-state index contributed by atoms with van der Waals surface area (Å²) < 4.78 is 6.67. The van der Waals surface area contributed by atoms with Crippen LogP contribution >= 0.6 is 11.3 Å². The molecule has 0 bridgehead atoms. The lowest BCUT2D eigenvalue weighted by molar-refractivity contribution is -0.116. The molecule has 0 fully saturated rings. The number of carbonyl (C=O) groups is 1. The normalized spacial score (nSPS) is 11.2. The molecule has 0 unspecified atom stereocenters. The summed E-state index contributed by atoms with van der Waals surface area (Å²) in [4.78, 5) is 31.5. The van der Waals surface area contributed by atoms with Crippen molar-refractivity contribution in [2.45, 2.75) is 33.2 Å². The molecule has 0 saturated heterocycles. The van der Waals surface area contributed by atoms with E-state index in [9.17, 15) is 9.59 Å². The van der Waals surface area contributed by atoms with E-state index in [1.165, 1.54) is 15.9 Å². The monoisotopic (exact) mass is 447 g/mol. The molecule has 164 valence electrons. The number of ether oxygens (including phenoxy) is 1. The molecule has 0 radical (unpaired) electrons. The number of rotatable bonds is 6. The number of anilines is 1. The van der Waals surface area contributed by atoms with E-state index in [0.29, 0.717) is 16.0 Å². The van der Waals surface area contributed by atoms with Crippen molar-refractivity contribution in [1.29, 1.82) is 0 Å². The average Bonchev–Trinajstić information content (AvgIpc) is 3.20. The van der Waals surface area contributed by atoms with Crippen molar-refractivity contribution in [1.82, 2.24) is 9.55 Å². The topological polar surface area (TPSA) is 73.2 Å². The molecule has 1 amide bonds. The van der Waals surface area contributed by atoms with Gasteiger partial charge in [0, 0.05) is 16.6 Å². The van der Waals surface area contributed by atoms with Gasteiger partial charge in [0.1, 0.15) is 22.9 Å². The number of nitrogens with one attached hydrogen (secondary N) is 1. The number of fused-ring (bicyclic) bond motifs is 1. The highest BCUT2D eigenvalue weighted by atomic mass is 32.1. The first-order valence-corrected chi connectivity index (χ1v) is 11.3. The third-order valence-corrected chi connectivity index (χ3v) is 6.32. The second-order valence-corrected chi connectivity index (χ2v) is 8.76. The number of amides is 1. The number of carbonyl (C=O) groups excluding carboxylic acids is 1. The van der Waals surface area contributed by atoms with Crippen LogP contribution in [0.5, 0.6) is 5.75 Å². The number of benzene rings is 2. The molecular weight excluding hydrogens is 422 g/mol. The van der Waals surface area contributed by atoms with Crippen molar-refractivity contribution < 1.29 is 9.53 Å². The smallest absolute Gasteiger partial charge is 0.263 e. The van der Waals surface area contributed by atoms with Crippen molar-refractivity contribution in [2.75, 3.05) is 12.4 Å². The van der Waals surface area contributed by atoms with Crippen LogP contribution in [0.2, 0.25) is 0 Å². The quantitative estimate of drug-likeness (QED) is 0.441. The van der Waals surface area contributed by atoms with Gasteiger partial charge in [-0.15, -0.1) is 11.3 Å². The second kappa shape index (κ2) is 8.96. The minimum absolute atomic E-state index is 0.0993. The Morgan fingerprint density at radius 2 is 1.88 bits per heavy atom. The molecule has 0 spiro atoms. The van der Waals surface area contributed by atoms with E-state index in [0.717, 1.165) is 28.1 Å². The number of aryl methyl sites for hydroxylation is 1. The molecule has 0 aliphatic heterocycles. The summed E-state index contributed by atoms with van der Waals surface area (Å²) >= 11 is 1.43. The van der Waals surface area contributed by atoms with E-state index in [4.69, 9.17) is 4.74 Å². The lowest BCUT2D eigenvalue weighted by Crippen LogP contribution is -2.30. The van der Waals surface area contributed by atoms with Gasteiger partial charge < -0.3 is 10.1 Å². The fourth-order valence-electron chi connectivity index (χ4n) is 3.74. The number of hydrogen-bond donors (Lipinski definition) is 1. The van der Waals surface area contributed by atoms with Crippen molar-refractivity contribution in [2.24, 2.45) is 0 Å². The van der Waals surface area contributed by atoms with E-state index >= 15 is 0 Å². The number of para-hydroxylation sites is 1. The summed E-state index contributed by atoms with van der Waals surface area (Å²) in [6.45, 7) is 5.81. The molecule has 6 nitrogen and oxygen atoms in total. The molecule has 0 aliphatic rings. The number of aromatic nitrogens is 2. The zero-order valence-electron chi connectivity index (χ0n) is 18.5. The fraction of sp³-hybridized carbons (Fsp3) is 0.240. The van der Waals surface area contributed by atoms with E-state index in [2.05, 4.69) is 24.1 Å². The zero-order chi connectivity index (χ0) is 22.8. The van der Waals surface area contributed by atoms with Gasteiger partial charge in [0.15, 0.2) is 0 Å². The maximum atomic E-state index is 13.4. The van der Waals surface area contributed by atoms with Gasteiger partial charge in [-0.2, -0.15) is 0 Å². The van der Waals surface area contributed by atoms with Crippen LogP contribution in [0.4, 0.5) is 5.69 Å². The van der Waals surface area contributed by atoms with Gasteiger partial charge in [0.25, 0.3) is 5.56 Å². The number of thiophene rings is 1. The van der Waals surface area contributed by atoms with Crippen LogP contribution in [0.3, 0.4) is 0 Å². The second-order valence-electron chi connectivity index (χ2n) is 7.90. The summed E-state index contributed by atoms with van der Waals surface area (Å²) in [5.41, 5.74) is 3.32. The van der Waals surface area contributed by atoms with Crippen LogP contribution in [0.15, 0.2) is 58.7 Å². The molecule has 7 heteroatoms. The largest absolute Gasteiger partial charge is 0.497 e. The first kappa shape index (κ1) is 21.8. The Morgan fingerprint density at radius 1 is 1.16 bits per heavy atom. The highest BCUT2D eigenvalue weighted by Gasteiger charge is 2.18. The molecule has 2 heterocycles. The number of hydrogen-bond acceptors (Lipinski definition) is 5. The summed E-state index contributed by atoms with van der Waals surface area (Å²) in [6, 6.07) is 15.3. The van der Waals surface area contributed by atoms with Crippen molar-refractivity contribution in [3.8, 4) is 16.9 Å². The van der Waals surface area contributed by atoms with Crippen LogP contribution < -0.4 is 15.6 Å². The predicted octanol–water partition coefficient (Wildman–Crippen LogP) is 5.20. The lowest BCUT2D eigenvalue weighted by atomic mass is 10.0. The van der Waals surface area contributed by atoms with Crippen LogP contribution in [0, 0.1) is 6.92 Å². The lowest BCUT2D eigenvalue weighted by Gasteiger charge is -2.15. The molecule has 0 aliphatic carbocycles. The van der Waals surface area contributed by atoms with Crippen molar-refractivity contribution in [3.05, 3.63) is 75.7 Å². The molecule has 2 aromatic heterocycles. The first-order chi connectivity index (χ1) is 15.4. The predicted molar refractivity (Wildman–Crippen MR) is 130 cm³/mol. The molecular formula is C25H25N3O3S. The van der Waals surface area contributed by atoms with Gasteiger partial charge in [0.2, 0.25) is 5.91 Å². The molecule has 4 rings (SSSR count). The summed E-state index contributed by atoms with van der Waals surface area (Å²) in [7, 11) is 1.62. The van der Waals surface area contributed by atoms with E-state index < -0.39 is 0 Å². The number of methoxy groups -OCH3 is 1. The van der Waals surface area contributed by atoms with Gasteiger partial charge in [0.05, 0.1) is 12.5 Å². The highest BCUT2D eigenvalue weighted by molar-refractivity contribution is 7.17. The third-order valence-electron chi connectivity index (χ3n) is 5.44. The molecule has 32 heavy (non-hydrogen) atoms. The summed E-state index contributed by atoms with van der Waals surface area (Å²) in [5, 5.41) is 5.42. The van der Waals surface area contributed by atoms with Gasteiger partial charge >= 0.3 is 0 Å². The minimum Gasteiger partial charge on any atom is -0.497 e. The maximum Gasteiger partial charge on any atom is 0.263 e. The Balaban J connectivity index is 1.69. The van der Waals surface area contributed by atoms with E-state index in [1.54, 1.807) is 14.0 Å². The molecule has 0 saturated carbocycles. The standard InChI is InChI=1S/C25H25N3O3S/c1-15(2)19-7-5-6-8-21(19)27-22(29)13-28-16(3)26-24-23(25(28)30)20(14-32-24)17-9-11-18(31-4)12-10-17/h5-12,14-15H,13H2,1-4H3,(H,27,29). The van der Waals surface area contributed by atoms with Crippen molar-refractivity contribution >= 4 is 33.1 Å². The first-order valence-electron chi connectivity index (χ1n) is 10.4. The van der Waals surface area contributed by atoms with Gasteiger partial charge in [-0.25, -0.2) is 4.98 Å². The Morgan fingerprint density at radius 3 is 2.56 bits per heavy atom. The zero-order valence-corrected chi connectivity index (χ0v) is 19.3. The highest BCUT2D eigenvalue weighted by Crippen LogP contribution is 2.32. The summed E-state index contributed by atoms with van der Waals surface area (Å²) in [5.74, 6) is 1.27. The Labute approximate surface area is 190 Å². The number of nitrogens with zero attached hydrogens (tertiary/aromatic N) is 2. The van der Waals surface area contributed by atoms with Gasteiger partial charge in [-0.1, -0.05) is 44.2 Å². The van der Waals surface area contributed by atoms with E-state index in [1.807, 2.05) is 53.9 Å². The van der Waals surface area contributed by atoms with Crippen LogP contribution in [-0.4, -0.2) is 22.6 Å². The van der Waals surface area contributed by atoms with Crippen LogP contribution in [-0.2, 0) is 11.3 Å². The van der Waals surface area contributed by atoms with Crippen LogP contribution in [0.25, 0.3) is 21.3 Å². The van der Waals surface area contributed by atoms with E-state index in [-0.39, 0.29) is 23.9 Å². The molecule has 0 atom stereocenters. The SMILES string of the molecule is COc1ccc(-c2csc3nc(C)n(CC(=O)Nc4ccccc4C(C)C)c(=O)c23)cc1. The minimum atomic E-state index is -0.259. The van der Waals surface area contributed by atoms with Crippen molar-refractivity contribution in [3.63, 3.8) is 0 Å². The molecule has 4 aromatic rings. The average molecular weight is 448 g/mol. The Kier molecular flexibility index (Phi) is 6.10. The third kappa shape index (κ3) is 4.16. The summed E-state index contributed by atoms with van der Waals surface area (Å²) in [6.07, 6.45) is 0.